The Hall–Kier alpha value is -3.66. The number of aromatic nitrogens is 4. The van der Waals surface area contributed by atoms with Crippen LogP contribution in [0.5, 0.6) is 0 Å². The minimum Gasteiger partial charge on any atom is -0.273 e. The monoisotopic (exact) mass is 356 g/mol. The van der Waals surface area contributed by atoms with Crippen molar-refractivity contribution in [2.24, 2.45) is 0 Å². The van der Waals surface area contributed by atoms with Crippen molar-refractivity contribution < 1.29 is 4.79 Å². The lowest BCUT2D eigenvalue weighted by atomic mass is 9.85. The lowest BCUT2D eigenvalue weighted by Gasteiger charge is -2.19. The van der Waals surface area contributed by atoms with Crippen molar-refractivity contribution in [3.05, 3.63) is 60.1 Å². The first-order chi connectivity index (χ1) is 12.9. The maximum Gasteiger partial charge on any atom is 0.242 e. The second kappa shape index (κ2) is 5.95. The first-order valence-corrected chi connectivity index (χ1v) is 8.42. The van der Waals surface area contributed by atoms with Crippen LogP contribution in [0.4, 0.5) is 11.5 Å². The molecule has 3 heterocycles. The minimum absolute atomic E-state index is 0.0503. The maximum absolute atomic E-state index is 13.1. The molecule has 1 aromatic carbocycles. The molecule has 2 aromatic heterocycles. The molecule has 0 aliphatic carbocycles. The zero-order valence-corrected chi connectivity index (χ0v) is 15.1. The van der Waals surface area contributed by atoms with Crippen LogP contribution in [-0.4, -0.2) is 25.8 Å². The van der Waals surface area contributed by atoms with Crippen molar-refractivity contribution >= 4 is 17.4 Å². The van der Waals surface area contributed by atoms with E-state index >= 15 is 0 Å². The average Bonchev–Trinajstić information content (AvgIpc) is 2.87. The van der Waals surface area contributed by atoms with Crippen molar-refractivity contribution in [2.75, 3.05) is 4.90 Å². The summed E-state index contributed by atoms with van der Waals surface area (Å²) in [5.74, 6) is 0.568. The van der Waals surface area contributed by atoms with Gasteiger partial charge in [0.15, 0.2) is 5.82 Å². The number of amides is 1. The molecule has 0 radical (unpaired) electrons. The molecule has 4 rings (SSSR count). The molecule has 7 heteroatoms. The molecule has 0 atom stereocenters. The molecule has 1 aliphatic rings. The number of rotatable bonds is 2. The van der Waals surface area contributed by atoms with Gasteiger partial charge in [-0.15, -0.1) is 0 Å². The van der Waals surface area contributed by atoms with Gasteiger partial charge < -0.3 is 0 Å². The molecule has 132 valence electrons. The highest BCUT2D eigenvalue weighted by molar-refractivity contribution is 6.12. The van der Waals surface area contributed by atoms with Crippen molar-refractivity contribution in [1.82, 2.24) is 19.9 Å². The minimum atomic E-state index is -0.666. The third kappa shape index (κ3) is 2.62. The maximum atomic E-state index is 13.1. The van der Waals surface area contributed by atoms with E-state index in [-0.39, 0.29) is 11.7 Å². The molecule has 3 aromatic rings. The highest BCUT2D eigenvalue weighted by Gasteiger charge is 2.45. The summed E-state index contributed by atoms with van der Waals surface area (Å²) in [6.45, 7) is 5.65. The van der Waals surface area contributed by atoms with Crippen LogP contribution in [0, 0.1) is 18.3 Å². The third-order valence-corrected chi connectivity index (χ3v) is 4.71. The summed E-state index contributed by atoms with van der Waals surface area (Å²) in [4.78, 5) is 31.4. The topological polar surface area (TPSA) is 95.7 Å². The molecule has 0 bridgehead atoms. The number of nitrogens with zero attached hydrogens (tertiary/aromatic N) is 6. The number of fused-ring (bicyclic) bond motifs is 1. The molecule has 1 aliphatic heterocycles. The van der Waals surface area contributed by atoms with Crippen molar-refractivity contribution in [2.45, 2.75) is 26.2 Å². The Bertz CT molecular complexity index is 1100. The number of carbonyl (C=O) groups is 1. The molecule has 0 fully saturated rings. The van der Waals surface area contributed by atoms with E-state index < -0.39 is 5.41 Å². The fourth-order valence-corrected chi connectivity index (χ4v) is 3.25. The molecule has 0 unspecified atom stereocenters. The van der Waals surface area contributed by atoms with Gasteiger partial charge >= 0.3 is 0 Å². The predicted octanol–water partition coefficient (Wildman–Crippen LogP) is 3.07. The van der Waals surface area contributed by atoms with Crippen LogP contribution in [0.25, 0.3) is 11.1 Å². The summed E-state index contributed by atoms with van der Waals surface area (Å²) in [5.41, 5.74) is 3.39. The fourth-order valence-electron chi connectivity index (χ4n) is 3.25. The van der Waals surface area contributed by atoms with Crippen LogP contribution in [0.15, 0.2) is 43.0 Å². The Kier molecular flexibility index (Phi) is 3.70. The normalized spacial score (nSPS) is 14.7. The van der Waals surface area contributed by atoms with Gasteiger partial charge in [-0.1, -0.05) is 12.1 Å². The number of aryl methyl sites for hydroxylation is 1. The van der Waals surface area contributed by atoms with E-state index in [4.69, 9.17) is 5.26 Å². The highest BCUT2D eigenvalue weighted by Crippen LogP contribution is 2.46. The van der Waals surface area contributed by atoms with E-state index in [0.717, 1.165) is 28.1 Å². The van der Waals surface area contributed by atoms with Gasteiger partial charge in [-0.25, -0.2) is 15.0 Å². The molecule has 0 saturated heterocycles. The van der Waals surface area contributed by atoms with E-state index in [2.05, 4.69) is 19.9 Å². The molecule has 7 nitrogen and oxygen atoms in total. The zero-order valence-electron chi connectivity index (χ0n) is 15.1. The summed E-state index contributed by atoms with van der Waals surface area (Å²) in [6, 6.07) is 7.72. The van der Waals surface area contributed by atoms with E-state index in [9.17, 15) is 4.79 Å². The quantitative estimate of drug-likeness (QED) is 0.700. The second-order valence-electron chi connectivity index (χ2n) is 6.92. The largest absolute Gasteiger partial charge is 0.273 e. The van der Waals surface area contributed by atoms with Crippen LogP contribution in [0.3, 0.4) is 0 Å². The van der Waals surface area contributed by atoms with E-state index in [0.29, 0.717) is 5.82 Å². The number of carbonyl (C=O) groups excluding carboxylic acids is 1. The summed E-state index contributed by atoms with van der Waals surface area (Å²) >= 11 is 0. The van der Waals surface area contributed by atoms with Gasteiger partial charge in [0.25, 0.3) is 0 Å². The Morgan fingerprint density at radius 1 is 1.07 bits per heavy atom. The predicted molar refractivity (Wildman–Crippen MR) is 99.1 cm³/mol. The van der Waals surface area contributed by atoms with Gasteiger partial charge in [-0.2, -0.15) is 5.26 Å². The lowest BCUT2D eigenvalue weighted by molar-refractivity contribution is -0.121. The number of anilines is 2. The van der Waals surface area contributed by atoms with Crippen LogP contribution in [0.1, 0.15) is 30.9 Å². The summed E-state index contributed by atoms with van der Waals surface area (Å²) in [7, 11) is 0. The number of nitriles is 1. The molecule has 0 N–H and O–H groups in total. The Morgan fingerprint density at radius 2 is 1.81 bits per heavy atom. The average molecular weight is 356 g/mol. The first kappa shape index (κ1) is 16.8. The van der Waals surface area contributed by atoms with E-state index in [1.165, 1.54) is 0 Å². The van der Waals surface area contributed by atoms with Crippen LogP contribution in [-0.2, 0) is 10.2 Å². The zero-order chi connectivity index (χ0) is 19.2. The third-order valence-electron chi connectivity index (χ3n) is 4.71. The molecular formula is C20H16N6O. The Balaban J connectivity index is 1.87. The van der Waals surface area contributed by atoms with Gasteiger partial charge in [0.05, 0.1) is 23.0 Å². The standard InChI is InChI=1S/C20H16N6O/c1-12-8-22-11-18(25-12)26-16-6-13(14-9-23-17(7-21)24-10-14)4-5-15(16)20(2,3)19(26)27/h4-6,8-11H,1-3H3. The fraction of sp³-hybridized carbons (Fsp3) is 0.200. The smallest absolute Gasteiger partial charge is 0.242 e. The Labute approximate surface area is 156 Å². The van der Waals surface area contributed by atoms with Crippen LogP contribution >= 0.6 is 0 Å². The van der Waals surface area contributed by atoms with Gasteiger partial charge in [0, 0.05) is 24.2 Å². The van der Waals surface area contributed by atoms with Crippen LogP contribution in [0.2, 0.25) is 0 Å². The summed E-state index contributed by atoms with van der Waals surface area (Å²) in [6.07, 6.45) is 6.45. The van der Waals surface area contributed by atoms with Crippen molar-refractivity contribution in [3.8, 4) is 17.2 Å². The van der Waals surface area contributed by atoms with Crippen molar-refractivity contribution in [1.29, 1.82) is 5.26 Å². The van der Waals surface area contributed by atoms with Crippen molar-refractivity contribution in [3.63, 3.8) is 0 Å². The number of hydrogen-bond acceptors (Lipinski definition) is 6. The molecular weight excluding hydrogens is 340 g/mol. The van der Waals surface area contributed by atoms with Crippen LogP contribution < -0.4 is 4.90 Å². The summed E-state index contributed by atoms with van der Waals surface area (Å²) < 4.78 is 0. The molecule has 1 amide bonds. The van der Waals surface area contributed by atoms with Gasteiger partial charge in [-0.3, -0.25) is 14.7 Å². The molecule has 27 heavy (non-hydrogen) atoms. The van der Waals surface area contributed by atoms with E-state index in [1.807, 2.05) is 45.0 Å². The SMILES string of the molecule is Cc1cncc(N2C(=O)C(C)(C)c3ccc(-c4cnc(C#N)nc4)cc32)n1. The lowest BCUT2D eigenvalue weighted by Crippen LogP contribution is -2.33. The first-order valence-electron chi connectivity index (χ1n) is 8.42. The second-order valence-corrected chi connectivity index (χ2v) is 6.92. The molecule has 0 spiro atoms. The van der Waals surface area contributed by atoms with E-state index in [1.54, 1.807) is 29.7 Å². The van der Waals surface area contributed by atoms with Gasteiger partial charge in [-0.05, 0) is 38.0 Å². The van der Waals surface area contributed by atoms with Gasteiger partial charge in [0.1, 0.15) is 6.07 Å². The summed E-state index contributed by atoms with van der Waals surface area (Å²) in [5, 5.41) is 8.86. The molecule has 0 saturated carbocycles. The highest BCUT2D eigenvalue weighted by atomic mass is 16.2. The number of hydrogen-bond donors (Lipinski definition) is 0. The van der Waals surface area contributed by atoms with Gasteiger partial charge in [0.2, 0.25) is 11.7 Å². The Morgan fingerprint density at radius 3 is 2.48 bits per heavy atom. The number of benzene rings is 1.